The molecule has 1 aliphatic heterocycles. The van der Waals surface area contributed by atoms with Gasteiger partial charge in [-0.2, -0.15) is 0 Å². The number of rotatable bonds is 5. The first-order valence-electron chi connectivity index (χ1n) is 6.01. The summed E-state index contributed by atoms with van der Waals surface area (Å²) >= 11 is 0. The van der Waals surface area contributed by atoms with Gasteiger partial charge >= 0.3 is 0 Å². The molecule has 0 aromatic rings. The second-order valence-electron chi connectivity index (χ2n) is 4.69. The van der Waals surface area contributed by atoms with Crippen LogP contribution in [0.5, 0.6) is 0 Å². The van der Waals surface area contributed by atoms with Gasteiger partial charge in [-0.25, -0.2) is 5.84 Å². The van der Waals surface area contributed by atoms with Crippen molar-refractivity contribution in [3.8, 4) is 0 Å². The molecule has 0 aromatic carbocycles. The van der Waals surface area contributed by atoms with Crippen molar-refractivity contribution in [2.45, 2.75) is 26.2 Å². The first-order chi connectivity index (χ1) is 7.67. The highest BCUT2D eigenvalue weighted by Crippen LogP contribution is 2.19. The van der Waals surface area contributed by atoms with Crippen LogP contribution in [0.4, 0.5) is 0 Å². The average molecular weight is 229 g/mol. The van der Waals surface area contributed by atoms with E-state index in [0.29, 0.717) is 5.92 Å². The molecular formula is C11H23N3O2. The molecule has 94 valence electrons. The number of likely N-dealkylation sites (tertiary alicyclic amines) is 1. The third kappa shape index (κ3) is 4.08. The Morgan fingerprint density at radius 3 is 3.06 bits per heavy atom. The number of carbonyl (C=O) groups excluding carboxylic acids is 1. The number of hydrazine groups is 1. The summed E-state index contributed by atoms with van der Waals surface area (Å²) in [7, 11) is 0. The first-order valence-corrected chi connectivity index (χ1v) is 6.01. The van der Waals surface area contributed by atoms with Gasteiger partial charge in [-0.3, -0.25) is 10.2 Å². The Balaban J connectivity index is 2.33. The molecule has 2 unspecified atom stereocenters. The number of hydrogen-bond donors (Lipinski definition) is 3. The van der Waals surface area contributed by atoms with Crippen molar-refractivity contribution in [3.63, 3.8) is 0 Å². The van der Waals surface area contributed by atoms with Gasteiger partial charge in [0, 0.05) is 25.6 Å². The smallest absolute Gasteiger partial charge is 0.237 e. The van der Waals surface area contributed by atoms with Gasteiger partial charge in [0.1, 0.15) is 0 Å². The highest BCUT2D eigenvalue weighted by atomic mass is 16.3. The summed E-state index contributed by atoms with van der Waals surface area (Å²) in [5.74, 6) is 5.50. The van der Waals surface area contributed by atoms with E-state index in [1.54, 1.807) is 0 Å². The van der Waals surface area contributed by atoms with Crippen LogP contribution in [0.15, 0.2) is 0 Å². The summed E-state index contributed by atoms with van der Waals surface area (Å²) in [5.41, 5.74) is 2.19. The van der Waals surface area contributed by atoms with Gasteiger partial charge in [-0.1, -0.05) is 6.92 Å². The maximum Gasteiger partial charge on any atom is 0.237 e. The van der Waals surface area contributed by atoms with E-state index in [-0.39, 0.29) is 18.4 Å². The molecule has 0 aromatic heterocycles. The lowest BCUT2D eigenvalue weighted by Gasteiger charge is -2.33. The summed E-state index contributed by atoms with van der Waals surface area (Å²) in [6, 6.07) is 0. The van der Waals surface area contributed by atoms with Crippen LogP contribution in [0.25, 0.3) is 0 Å². The maximum absolute atomic E-state index is 11.3. The minimum Gasteiger partial charge on any atom is -0.396 e. The quantitative estimate of drug-likeness (QED) is 0.344. The van der Waals surface area contributed by atoms with Gasteiger partial charge in [-0.05, 0) is 31.7 Å². The molecule has 16 heavy (non-hydrogen) atoms. The molecule has 0 aliphatic carbocycles. The molecule has 1 fully saturated rings. The van der Waals surface area contributed by atoms with E-state index in [4.69, 9.17) is 10.9 Å². The van der Waals surface area contributed by atoms with Crippen molar-refractivity contribution < 1.29 is 9.90 Å². The number of nitrogens with two attached hydrogens (primary N) is 1. The number of aliphatic hydroxyl groups excluding tert-OH is 1. The lowest BCUT2D eigenvalue weighted by atomic mass is 9.94. The highest BCUT2D eigenvalue weighted by molar-refractivity contribution is 5.77. The number of piperidine rings is 1. The Morgan fingerprint density at radius 1 is 1.69 bits per heavy atom. The molecular weight excluding hydrogens is 206 g/mol. The van der Waals surface area contributed by atoms with Crippen LogP contribution in [0, 0.1) is 11.8 Å². The number of nitrogens with zero attached hydrogens (tertiary/aromatic N) is 1. The summed E-state index contributed by atoms with van der Waals surface area (Å²) < 4.78 is 0. The molecule has 4 N–H and O–H groups in total. The molecule has 0 spiro atoms. The molecule has 0 radical (unpaired) electrons. The molecule has 1 saturated heterocycles. The minimum atomic E-state index is -0.107. The predicted octanol–water partition coefficient (Wildman–Crippen LogP) is -0.293. The zero-order chi connectivity index (χ0) is 12.0. The number of aliphatic hydroxyl groups is 1. The van der Waals surface area contributed by atoms with Gasteiger partial charge in [0.25, 0.3) is 0 Å². The number of nitrogens with one attached hydrogen (secondary N) is 1. The average Bonchev–Trinajstić information content (AvgIpc) is 2.29. The Kier molecular flexibility index (Phi) is 5.73. The van der Waals surface area contributed by atoms with Gasteiger partial charge in [0.2, 0.25) is 5.91 Å². The molecule has 1 heterocycles. The Labute approximate surface area is 97.0 Å². The third-order valence-electron chi connectivity index (χ3n) is 3.26. The summed E-state index contributed by atoms with van der Waals surface area (Å²) in [6.45, 7) is 4.94. The number of carbonyl (C=O) groups is 1. The Bertz CT molecular complexity index is 221. The van der Waals surface area contributed by atoms with Crippen LogP contribution >= 0.6 is 0 Å². The van der Waals surface area contributed by atoms with Crippen LogP contribution in [0.3, 0.4) is 0 Å². The van der Waals surface area contributed by atoms with Gasteiger partial charge in [0.15, 0.2) is 0 Å². The van der Waals surface area contributed by atoms with E-state index in [1.807, 2.05) is 6.92 Å². The molecule has 1 amide bonds. The molecule has 1 rings (SSSR count). The Morgan fingerprint density at radius 2 is 2.44 bits per heavy atom. The van der Waals surface area contributed by atoms with E-state index in [9.17, 15) is 4.79 Å². The topological polar surface area (TPSA) is 78.6 Å². The fraction of sp³-hybridized carbons (Fsp3) is 0.909. The third-order valence-corrected chi connectivity index (χ3v) is 3.26. The standard InChI is InChI=1S/C11H23N3O2/c1-9(11(16)13-12)7-14-5-2-3-10(8-14)4-6-15/h9-10,15H,2-8,12H2,1H3,(H,13,16). The van der Waals surface area contributed by atoms with Crippen molar-refractivity contribution in [2.75, 3.05) is 26.2 Å². The predicted molar refractivity (Wildman–Crippen MR) is 62.4 cm³/mol. The van der Waals surface area contributed by atoms with E-state index in [0.717, 1.165) is 32.5 Å². The second-order valence-corrected chi connectivity index (χ2v) is 4.69. The van der Waals surface area contributed by atoms with E-state index < -0.39 is 0 Å². The summed E-state index contributed by atoms with van der Waals surface area (Å²) in [6.07, 6.45) is 3.21. The zero-order valence-electron chi connectivity index (χ0n) is 9.98. The normalized spacial score (nSPS) is 24.1. The fourth-order valence-corrected chi connectivity index (χ4v) is 2.35. The van der Waals surface area contributed by atoms with Crippen molar-refractivity contribution in [1.82, 2.24) is 10.3 Å². The van der Waals surface area contributed by atoms with Crippen LogP contribution in [0.1, 0.15) is 26.2 Å². The van der Waals surface area contributed by atoms with Gasteiger partial charge < -0.3 is 10.0 Å². The van der Waals surface area contributed by atoms with Crippen molar-refractivity contribution in [1.29, 1.82) is 0 Å². The lowest BCUT2D eigenvalue weighted by molar-refractivity contribution is -0.125. The summed E-state index contributed by atoms with van der Waals surface area (Å²) in [5, 5.41) is 8.91. The van der Waals surface area contributed by atoms with Crippen LogP contribution in [-0.4, -0.2) is 42.2 Å². The van der Waals surface area contributed by atoms with Crippen molar-refractivity contribution in [2.24, 2.45) is 17.7 Å². The minimum absolute atomic E-state index is 0.0714. The SMILES string of the molecule is CC(CN1CCCC(CCO)C1)C(=O)NN. The fourth-order valence-electron chi connectivity index (χ4n) is 2.35. The van der Waals surface area contributed by atoms with Crippen molar-refractivity contribution >= 4 is 5.91 Å². The monoisotopic (exact) mass is 229 g/mol. The van der Waals surface area contributed by atoms with Crippen LogP contribution < -0.4 is 11.3 Å². The zero-order valence-corrected chi connectivity index (χ0v) is 9.98. The Hall–Kier alpha value is -0.650. The van der Waals surface area contributed by atoms with Gasteiger partial charge in [0.05, 0.1) is 0 Å². The molecule has 1 aliphatic rings. The van der Waals surface area contributed by atoms with E-state index in [1.165, 1.54) is 6.42 Å². The molecule has 0 bridgehead atoms. The maximum atomic E-state index is 11.3. The van der Waals surface area contributed by atoms with Crippen molar-refractivity contribution in [3.05, 3.63) is 0 Å². The van der Waals surface area contributed by atoms with Gasteiger partial charge in [-0.15, -0.1) is 0 Å². The molecule has 2 atom stereocenters. The highest BCUT2D eigenvalue weighted by Gasteiger charge is 2.22. The number of amides is 1. The largest absolute Gasteiger partial charge is 0.396 e. The van der Waals surface area contributed by atoms with E-state index in [2.05, 4.69) is 10.3 Å². The van der Waals surface area contributed by atoms with Crippen LogP contribution in [-0.2, 0) is 4.79 Å². The molecule has 0 saturated carbocycles. The van der Waals surface area contributed by atoms with E-state index >= 15 is 0 Å². The first kappa shape index (κ1) is 13.4. The number of hydrogen-bond acceptors (Lipinski definition) is 4. The van der Waals surface area contributed by atoms with Crippen LogP contribution in [0.2, 0.25) is 0 Å². The molecule has 5 nitrogen and oxygen atoms in total. The lowest BCUT2D eigenvalue weighted by Crippen LogP contribution is -2.43. The summed E-state index contributed by atoms with van der Waals surface area (Å²) in [4.78, 5) is 13.6. The second kappa shape index (κ2) is 6.83. The molecule has 5 heteroatoms.